The van der Waals surface area contributed by atoms with E-state index in [1.54, 1.807) is 35.2 Å². The number of aromatic nitrogens is 2. The highest BCUT2D eigenvalue weighted by atomic mass is 19.1. The first kappa shape index (κ1) is 24.7. The summed E-state index contributed by atoms with van der Waals surface area (Å²) >= 11 is 0. The average molecular weight is 522 g/mol. The smallest absolute Gasteiger partial charge is 0.273 e. The van der Waals surface area contributed by atoms with Crippen molar-refractivity contribution in [2.24, 2.45) is 0 Å². The Kier molecular flexibility index (Phi) is 7.15. The molecule has 1 aliphatic heterocycles. The van der Waals surface area contributed by atoms with Crippen LogP contribution in [-0.4, -0.2) is 58.8 Å². The van der Waals surface area contributed by atoms with Crippen molar-refractivity contribution >= 4 is 23.1 Å². The summed E-state index contributed by atoms with van der Waals surface area (Å²) < 4.78 is 30.7. The fourth-order valence-corrected chi connectivity index (χ4v) is 4.15. The Labute approximate surface area is 215 Å². The normalized spacial score (nSPS) is 13.4. The molecule has 12 nitrogen and oxygen atoms in total. The van der Waals surface area contributed by atoms with E-state index in [0.29, 0.717) is 61.2 Å². The molecule has 0 unspecified atom stereocenters. The Hall–Kier alpha value is -4.94. The molecule has 0 aliphatic carbocycles. The minimum absolute atomic E-state index is 0.116. The number of halogens is 1. The number of rotatable bonds is 9. The molecule has 0 bridgehead atoms. The Balaban J connectivity index is 1.21. The van der Waals surface area contributed by atoms with Crippen LogP contribution in [0.4, 0.5) is 21.6 Å². The second-order valence-electron chi connectivity index (χ2n) is 8.46. The maximum atomic E-state index is 15.0. The molecule has 38 heavy (non-hydrogen) atoms. The third-order valence-electron chi connectivity index (χ3n) is 6.04. The Morgan fingerprint density at radius 3 is 2.68 bits per heavy atom. The number of carbonyl (C=O) groups is 1. The zero-order chi connectivity index (χ0) is 26.5. The standard InChI is InChI=1S/C25H23FN6O6/c26-21-6-2-5-20(22-14-19(38-28-22)15-27-23-7-12-37-29-23)25(21)31-10-8-30(9-11-31)24(33)16-36-18-4-1-3-17(13-18)32(34)35/h1-7,12-14H,8-11,15-16H2,(H,27,29). The van der Waals surface area contributed by atoms with Gasteiger partial charge in [0.05, 0.1) is 23.2 Å². The Bertz CT molecular complexity index is 1420. The predicted molar refractivity (Wildman–Crippen MR) is 133 cm³/mol. The van der Waals surface area contributed by atoms with E-state index >= 15 is 4.39 Å². The van der Waals surface area contributed by atoms with Crippen LogP contribution in [0.1, 0.15) is 5.76 Å². The topological polar surface area (TPSA) is 140 Å². The van der Waals surface area contributed by atoms with Crippen LogP contribution in [0.5, 0.6) is 5.75 Å². The van der Waals surface area contributed by atoms with Gasteiger partial charge in [-0.25, -0.2) is 4.39 Å². The van der Waals surface area contributed by atoms with E-state index in [2.05, 4.69) is 15.6 Å². The van der Waals surface area contributed by atoms with Crippen molar-refractivity contribution < 1.29 is 27.9 Å². The minimum atomic E-state index is -0.527. The van der Waals surface area contributed by atoms with Crippen molar-refractivity contribution in [1.82, 2.24) is 15.2 Å². The summed E-state index contributed by atoms with van der Waals surface area (Å²) in [6.45, 7) is 1.58. The minimum Gasteiger partial charge on any atom is -0.484 e. The molecule has 0 radical (unpaired) electrons. The fourth-order valence-electron chi connectivity index (χ4n) is 4.15. The molecule has 196 valence electrons. The molecule has 3 heterocycles. The molecule has 0 spiro atoms. The summed E-state index contributed by atoms with van der Waals surface area (Å²) in [7, 11) is 0. The van der Waals surface area contributed by atoms with Gasteiger partial charge < -0.3 is 28.9 Å². The maximum Gasteiger partial charge on any atom is 0.273 e. The second kappa shape index (κ2) is 11.0. The molecule has 1 N–H and O–H groups in total. The monoisotopic (exact) mass is 522 g/mol. The fraction of sp³-hybridized carbons (Fsp3) is 0.240. The number of amides is 1. The number of para-hydroxylation sites is 1. The number of ether oxygens (including phenoxy) is 1. The van der Waals surface area contributed by atoms with Crippen LogP contribution in [0.15, 0.2) is 69.9 Å². The number of nitrogens with zero attached hydrogens (tertiary/aromatic N) is 5. The van der Waals surface area contributed by atoms with Crippen LogP contribution in [0, 0.1) is 15.9 Å². The van der Waals surface area contributed by atoms with Crippen LogP contribution in [0.3, 0.4) is 0 Å². The summed E-state index contributed by atoms with van der Waals surface area (Å²) in [6, 6.07) is 13.8. The van der Waals surface area contributed by atoms with Crippen molar-refractivity contribution in [2.45, 2.75) is 6.54 Å². The quantitative estimate of drug-likeness (QED) is 0.255. The van der Waals surface area contributed by atoms with E-state index in [1.165, 1.54) is 30.5 Å². The SMILES string of the molecule is O=C(COc1cccc([N+](=O)[O-])c1)N1CCN(c2c(F)cccc2-c2cc(CNc3ccon3)on2)CC1. The maximum absolute atomic E-state index is 15.0. The highest BCUT2D eigenvalue weighted by molar-refractivity contribution is 5.79. The number of hydrogen-bond acceptors (Lipinski definition) is 10. The Morgan fingerprint density at radius 2 is 1.92 bits per heavy atom. The molecule has 5 rings (SSSR count). The zero-order valence-corrected chi connectivity index (χ0v) is 20.1. The lowest BCUT2D eigenvalue weighted by Crippen LogP contribution is -2.50. The van der Waals surface area contributed by atoms with E-state index in [4.69, 9.17) is 13.8 Å². The number of nitro groups is 1. The van der Waals surface area contributed by atoms with E-state index in [1.807, 2.05) is 4.90 Å². The third kappa shape index (κ3) is 5.56. The number of nitro benzene ring substituents is 1. The van der Waals surface area contributed by atoms with Gasteiger partial charge in [-0.05, 0) is 12.1 Å². The molecule has 1 amide bonds. The van der Waals surface area contributed by atoms with Crippen LogP contribution in [-0.2, 0) is 11.3 Å². The number of piperazine rings is 1. The van der Waals surface area contributed by atoms with Gasteiger partial charge in [0.1, 0.15) is 23.5 Å². The van der Waals surface area contributed by atoms with Crippen molar-refractivity contribution in [3.8, 4) is 17.0 Å². The van der Waals surface area contributed by atoms with E-state index in [9.17, 15) is 14.9 Å². The number of benzene rings is 2. The number of carbonyl (C=O) groups excluding carboxylic acids is 1. The lowest BCUT2D eigenvalue weighted by molar-refractivity contribution is -0.384. The largest absolute Gasteiger partial charge is 0.484 e. The van der Waals surface area contributed by atoms with Crippen molar-refractivity contribution in [1.29, 1.82) is 0 Å². The third-order valence-corrected chi connectivity index (χ3v) is 6.04. The first-order chi connectivity index (χ1) is 18.5. The van der Waals surface area contributed by atoms with Gasteiger partial charge in [-0.2, -0.15) is 0 Å². The molecular weight excluding hydrogens is 499 g/mol. The van der Waals surface area contributed by atoms with Gasteiger partial charge in [0.2, 0.25) is 0 Å². The molecule has 2 aromatic carbocycles. The summed E-state index contributed by atoms with van der Waals surface area (Å²) in [6.07, 6.45) is 1.45. The molecule has 0 atom stereocenters. The molecular formula is C25H23FN6O6. The van der Waals surface area contributed by atoms with E-state index in [0.717, 1.165) is 0 Å². The highest BCUT2D eigenvalue weighted by Gasteiger charge is 2.26. The first-order valence-electron chi connectivity index (χ1n) is 11.8. The summed E-state index contributed by atoms with van der Waals surface area (Å²) in [5.74, 6) is 0.673. The molecule has 1 fully saturated rings. The van der Waals surface area contributed by atoms with Gasteiger partial charge in [-0.3, -0.25) is 14.9 Å². The number of hydrogen-bond donors (Lipinski definition) is 1. The number of non-ortho nitro benzene ring substituents is 1. The Morgan fingerprint density at radius 1 is 1.11 bits per heavy atom. The average Bonchev–Trinajstić information content (AvgIpc) is 3.63. The lowest BCUT2D eigenvalue weighted by atomic mass is 10.1. The molecule has 1 aliphatic rings. The van der Waals surface area contributed by atoms with Crippen molar-refractivity contribution in [2.75, 3.05) is 43.0 Å². The molecule has 4 aromatic rings. The number of anilines is 2. The molecule has 0 saturated carbocycles. The molecule has 13 heteroatoms. The van der Waals surface area contributed by atoms with Gasteiger partial charge >= 0.3 is 0 Å². The van der Waals surface area contributed by atoms with Gasteiger partial charge in [0, 0.05) is 49.9 Å². The van der Waals surface area contributed by atoms with E-state index < -0.39 is 10.7 Å². The van der Waals surface area contributed by atoms with Gasteiger partial charge in [-0.1, -0.05) is 28.5 Å². The van der Waals surface area contributed by atoms with Crippen LogP contribution < -0.4 is 15.0 Å². The van der Waals surface area contributed by atoms with Gasteiger partial charge in [0.25, 0.3) is 11.6 Å². The lowest BCUT2D eigenvalue weighted by Gasteiger charge is -2.36. The van der Waals surface area contributed by atoms with E-state index in [-0.39, 0.29) is 24.0 Å². The van der Waals surface area contributed by atoms with Crippen LogP contribution >= 0.6 is 0 Å². The van der Waals surface area contributed by atoms with Crippen LogP contribution in [0.25, 0.3) is 11.3 Å². The second-order valence-corrected chi connectivity index (χ2v) is 8.46. The molecule has 2 aromatic heterocycles. The zero-order valence-electron chi connectivity index (χ0n) is 20.1. The number of nitrogens with one attached hydrogen (secondary N) is 1. The predicted octanol–water partition coefficient (Wildman–Crippen LogP) is 3.72. The van der Waals surface area contributed by atoms with Crippen LogP contribution in [0.2, 0.25) is 0 Å². The van der Waals surface area contributed by atoms with Crippen molar-refractivity contribution in [3.63, 3.8) is 0 Å². The van der Waals surface area contributed by atoms with Gasteiger partial charge in [0.15, 0.2) is 18.2 Å². The first-order valence-corrected chi connectivity index (χ1v) is 11.8. The summed E-state index contributed by atoms with van der Waals surface area (Å²) in [5.41, 5.74) is 1.34. The summed E-state index contributed by atoms with van der Waals surface area (Å²) in [4.78, 5) is 26.6. The van der Waals surface area contributed by atoms with Gasteiger partial charge in [-0.15, -0.1) is 0 Å². The highest BCUT2D eigenvalue weighted by Crippen LogP contribution is 2.34. The van der Waals surface area contributed by atoms with Crippen molar-refractivity contribution in [3.05, 3.63) is 82.6 Å². The molecule has 1 saturated heterocycles. The summed E-state index contributed by atoms with van der Waals surface area (Å²) in [5, 5.41) is 21.9.